The molecule has 0 saturated heterocycles. The number of carbonyl (C=O) groups is 1. The van der Waals surface area contributed by atoms with Gasteiger partial charge in [0.05, 0.1) is 0 Å². The number of nitrogens with zero attached hydrogens (tertiary/aromatic N) is 2. The summed E-state index contributed by atoms with van der Waals surface area (Å²) in [5, 5.41) is 6.82. The van der Waals surface area contributed by atoms with Crippen molar-refractivity contribution < 1.29 is 4.79 Å². The van der Waals surface area contributed by atoms with Crippen LogP contribution in [0.4, 0.5) is 5.82 Å². The van der Waals surface area contributed by atoms with Crippen LogP contribution in [0.5, 0.6) is 0 Å². The fourth-order valence-electron chi connectivity index (χ4n) is 2.01. The predicted molar refractivity (Wildman–Crippen MR) is 90.6 cm³/mol. The van der Waals surface area contributed by atoms with Gasteiger partial charge in [0.2, 0.25) is 5.91 Å². The minimum Gasteiger partial charge on any atom is -0.306 e. The quantitative estimate of drug-likeness (QED) is 0.745. The number of carbonyl (C=O) groups excluding carboxylic acids is 1. The maximum Gasteiger partial charge on any atom is 0.249 e. The highest BCUT2D eigenvalue weighted by Crippen LogP contribution is 2.28. The van der Waals surface area contributed by atoms with Crippen LogP contribution < -0.4 is 5.32 Å². The molecule has 1 amide bonds. The van der Waals surface area contributed by atoms with Gasteiger partial charge in [-0.2, -0.15) is 5.10 Å². The average Bonchev–Trinajstić information content (AvgIpc) is 3.15. The molecule has 5 heteroatoms. The maximum absolute atomic E-state index is 11.8. The molecule has 0 spiro atoms. The lowest BCUT2D eigenvalue weighted by molar-refractivity contribution is -0.111. The second-order valence-corrected chi connectivity index (χ2v) is 5.88. The topological polar surface area (TPSA) is 46.9 Å². The molecule has 0 aliphatic rings. The van der Waals surface area contributed by atoms with E-state index < -0.39 is 0 Å². The van der Waals surface area contributed by atoms with Gasteiger partial charge in [-0.15, -0.1) is 11.3 Å². The van der Waals surface area contributed by atoms with Crippen molar-refractivity contribution in [1.29, 1.82) is 0 Å². The number of aryl methyl sites for hydroxylation is 1. The van der Waals surface area contributed by atoms with Crippen LogP contribution in [-0.2, 0) is 11.8 Å². The zero-order valence-corrected chi connectivity index (χ0v) is 12.9. The van der Waals surface area contributed by atoms with Gasteiger partial charge in [0, 0.05) is 35.1 Å². The first-order valence-corrected chi connectivity index (χ1v) is 7.66. The van der Waals surface area contributed by atoms with Crippen LogP contribution in [0.1, 0.15) is 4.88 Å². The second kappa shape index (κ2) is 6.41. The summed E-state index contributed by atoms with van der Waals surface area (Å²) >= 11 is 1.65. The Hall–Kier alpha value is -2.66. The maximum atomic E-state index is 11.8. The van der Waals surface area contributed by atoms with Crippen LogP contribution in [0.3, 0.4) is 0 Å². The molecule has 110 valence electrons. The van der Waals surface area contributed by atoms with Gasteiger partial charge in [-0.25, -0.2) is 0 Å². The van der Waals surface area contributed by atoms with E-state index in [1.165, 1.54) is 16.5 Å². The second-order valence-electron chi connectivity index (χ2n) is 4.77. The zero-order chi connectivity index (χ0) is 15.4. The van der Waals surface area contributed by atoms with Crippen LogP contribution in [0.15, 0.2) is 60.8 Å². The fourth-order valence-corrected chi connectivity index (χ4v) is 2.92. The Morgan fingerprint density at radius 1 is 1.18 bits per heavy atom. The van der Waals surface area contributed by atoms with Crippen molar-refractivity contribution in [2.24, 2.45) is 7.05 Å². The monoisotopic (exact) mass is 309 g/mol. The van der Waals surface area contributed by atoms with Crippen LogP contribution in [0.25, 0.3) is 16.5 Å². The minimum absolute atomic E-state index is 0.187. The first-order valence-electron chi connectivity index (χ1n) is 6.85. The number of aromatic nitrogens is 2. The van der Waals surface area contributed by atoms with Crippen molar-refractivity contribution in [3.8, 4) is 10.4 Å². The Morgan fingerprint density at radius 2 is 2.00 bits per heavy atom. The predicted octanol–water partition coefficient (Wildman–Crippen LogP) is 3.80. The van der Waals surface area contributed by atoms with Crippen molar-refractivity contribution in [1.82, 2.24) is 9.78 Å². The van der Waals surface area contributed by atoms with Crippen molar-refractivity contribution >= 4 is 29.1 Å². The van der Waals surface area contributed by atoms with E-state index >= 15 is 0 Å². The van der Waals surface area contributed by atoms with Crippen LogP contribution in [0, 0.1) is 0 Å². The van der Waals surface area contributed by atoms with Crippen molar-refractivity contribution in [3.63, 3.8) is 0 Å². The number of nitrogens with one attached hydrogen (secondary N) is 1. The van der Waals surface area contributed by atoms with Gasteiger partial charge >= 0.3 is 0 Å². The molecule has 0 aliphatic heterocycles. The third-order valence-corrected chi connectivity index (χ3v) is 4.15. The van der Waals surface area contributed by atoms with Gasteiger partial charge in [-0.1, -0.05) is 30.3 Å². The summed E-state index contributed by atoms with van der Waals surface area (Å²) in [5.41, 5.74) is 1.19. The Kier molecular flexibility index (Phi) is 4.16. The Balaban J connectivity index is 1.66. The van der Waals surface area contributed by atoms with E-state index in [9.17, 15) is 4.79 Å². The molecule has 4 nitrogen and oxygen atoms in total. The summed E-state index contributed by atoms with van der Waals surface area (Å²) in [7, 11) is 1.81. The Labute approximate surface area is 132 Å². The van der Waals surface area contributed by atoms with E-state index in [0.717, 1.165) is 4.88 Å². The molecule has 0 fully saturated rings. The van der Waals surface area contributed by atoms with Crippen LogP contribution >= 0.6 is 11.3 Å². The number of amides is 1. The van der Waals surface area contributed by atoms with Crippen molar-refractivity contribution in [3.05, 3.63) is 65.7 Å². The Morgan fingerprint density at radius 3 is 2.73 bits per heavy atom. The first kappa shape index (κ1) is 14.3. The molecule has 3 aromatic rings. The number of thiophene rings is 1. The van der Waals surface area contributed by atoms with Crippen LogP contribution in [-0.4, -0.2) is 15.7 Å². The largest absolute Gasteiger partial charge is 0.306 e. The van der Waals surface area contributed by atoms with E-state index in [2.05, 4.69) is 28.6 Å². The van der Waals surface area contributed by atoms with Gasteiger partial charge in [-0.3, -0.25) is 9.48 Å². The summed E-state index contributed by atoms with van der Waals surface area (Å²) < 4.78 is 1.64. The van der Waals surface area contributed by atoms with E-state index in [0.29, 0.717) is 5.82 Å². The average molecular weight is 309 g/mol. The molecule has 2 heterocycles. The SMILES string of the molecule is Cn1ccc(NC(=O)/C=C/c2ccc(-c3ccccc3)s2)n1. The molecular formula is C17H15N3OS. The van der Waals surface area contributed by atoms with Gasteiger partial charge in [0.25, 0.3) is 0 Å². The number of rotatable bonds is 4. The molecule has 1 N–H and O–H groups in total. The van der Waals surface area contributed by atoms with E-state index in [1.54, 1.807) is 28.3 Å². The van der Waals surface area contributed by atoms with Gasteiger partial charge in [0.15, 0.2) is 5.82 Å². The normalized spacial score (nSPS) is 11.0. The van der Waals surface area contributed by atoms with Crippen LogP contribution in [0.2, 0.25) is 0 Å². The summed E-state index contributed by atoms with van der Waals surface area (Å²) in [4.78, 5) is 14.1. The summed E-state index contributed by atoms with van der Waals surface area (Å²) in [6.07, 6.45) is 5.12. The minimum atomic E-state index is -0.187. The lowest BCUT2D eigenvalue weighted by Crippen LogP contribution is -2.08. The smallest absolute Gasteiger partial charge is 0.249 e. The first-order chi connectivity index (χ1) is 10.7. The molecular weight excluding hydrogens is 294 g/mol. The molecule has 3 rings (SSSR count). The zero-order valence-electron chi connectivity index (χ0n) is 12.1. The standard InChI is InChI=1S/C17H15N3OS/c1-20-12-11-16(19-20)18-17(21)10-8-14-7-9-15(22-14)13-5-3-2-4-6-13/h2-12H,1H3,(H,18,19,21)/b10-8+. The number of anilines is 1. The number of benzene rings is 1. The third-order valence-electron chi connectivity index (χ3n) is 3.05. The lowest BCUT2D eigenvalue weighted by Gasteiger charge is -1.96. The van der Waals surface area contributed by atoms with Gasteiger partial charge < -0.3 is 5.32 Å². The van der Waals surface area contributed by atoms with Crippen molar-refractivity contribution in [2.75, 3.05) is 5.32 Å². The highest BCUT2D eigenvalue weighted by atomic mass is 32.1. The van der Waals surface area contributed by atoms with E-state index in [4.69, 9.17) is 0 Å². The lowest BCUT2D eigenvalue weighted by atomic mass is 10.2. The highest BCUT2D eigenvalue weighted by Gasteiger charge is 2.02. The van der Waals surface area contributed by atoms with E-state index in [1.807, 2.05) is 37.4 Å². The summed E-state index contributed by atoms with van der Waals surface area (Å²) in [6, 6.07) is 16.0. The molecule has 0 bridgehead atoms. The molecule has 22 heavy (non-hydrogen) atoms. The van der Waals surface area contributed by atoms with E-state index in [-0.39, 0.29) is 5.91 Å². The van der Waals surface area contributed by atoms with Crippen molar-refractivity contribution in [2.45, 2.75) is 0 Å². The Bertz CT molecular complexity index is 802. The third kappa shape index (κ3) is 3.51. The molecule has 0 aliphatic carbocycles. The highest BCUT2D eigenvalue weighted by molar-refractivity contribution is 7.16. The van der Waals surface area contributed by atoms with Gasteiger partial charge in [-0.05, 0) is 23.8 Å². The molecule has 0 saturated carbocycles. The molecule has 0 atom stereocenters. The van der Waals surface area contributed by atoms with Gasteiger partial charge in [0.1, 0.15) is 0 Å². The summed E-state index contributed by atoms with van der Waals surface area (Å²) in [5.74, 6) is 0.363. The molecule has 0 radical (unpaired) electrons. The number of hydrogen-bond acceptors (Lipinski definition) is 3. The fraction of sp³-hybridized carbons (Fsp3) is 0.0588. The number of hydrogen-bond donors (Lipinski definition) is 1. The molecule has 2 aromatic heterocycles. The molecule has 0 unspecified atom stereocenters. The summed E-state index contributed by atoms with van der Waals surface area (Å²) in [6.45, 7) is 0. The molecule has 1 aromatic carbocycles.